The number of allylic oxidation sites excluding steroid dienone is 1. The van der Waals surface area contributed by atoms with Crippen molar-refractivity contribution in [3.8, 4) is 23.3 Å². The molecule has 1 fully saturated rings. The van der Waals surface area contributed by atoms with Gasteiger partial charge in [-0.3, -0.25) is 9.48 Å². The number of ether oxygens (including phenoxy) is 2. The number of hydrogen-bond acceptors (Lipinski definition) is 5. The van der Waals surface area contributed by atoms with Gasteiger partial charge in [-0.1, -0.05) is 19.1 Å². The minimum Gasteiger partial charge on any atom is -0.497 e. The smallest absolute Gasteiger partial charge is 0.253 e. The van der Waals surface area contributed by atoms with Crippen LogP contribution in [0.5, 0.6) is 11.5 Å². The summed E-state index contributed by atoms with van der Waals surface area (Å²) in [6, 6.07) is 5.35. The summed E-state index contributed by atoms with van der Waals surface area (Å²) in [5, 5.41) is 4.53. The second kappa shape index (κ2) is 9.90. The van der Waals surface area contributed by atoms with Gasteiger partial charge in [-0.2, -0.15) is 5.10 Å². The Balaban J connectivity index is 1.77. The summed E-state index contributed by atoms with van der Waals surface area (Å²) in [4.78, 5) is 14.2. The Bertz CT molecular complexity index is 1010. The molecular weight excluding hydrogens is 392 g/mol. The average molecular weight is 421 g/mol. The summed E-state index contributed by atoms with van der Waals surface area (Å²) >= 11 is 0. The lowest BCUT2D eigenvalue weighted by Gasteiger charge is -2.33. The molecule has 7 nitrogen and oxygen atoms in total. The number of carbonyl (C=O) groups is 1. The average Bonchev–Trinajstić information content (AvgIpc) is 3.20. The summed E-state index contributed by atoms with van der Waals surface area (Å²) in [5.74, 6) is 7.18. The molecule has 31 heavy (non-hydrogen) atoms. The Morgan fingerprint density at radius 3 is 2.42 bits per heavy atom. The number of piperidine rings is 1. The molecule has 0 aliphatic carbocycles. The van der Waals surface area contributed by atoms with Gasteiger partial charge in [-0.15, -0.1) is 0 Å². The molecule has 162 valence electrons. The molecule has 7 heteroatoms. The lowest BCUT2D eigenvalue weighted by atomic mass is 9.96. The van der Waals surface area contributed by atoms with Crippen molar-refractivity contribution in [1.29, 1.82) is 0 Å². The number of nitrogens with zero attached hydrogens (tertiary/aromatic N) is 3. The lowest BCUT2D eigenvalue weighted by Crippen LogP contribution is -2.33. The fraction of sp³-hybridized carbons (Fsp3) is 0.333. The van der Waals surface area contributed by atoms with E-state index in [1.807, 2.05) is 0 Å². The third-order valence-electron chi connectivity index (χ3n) is 5.41. The van der Waals surface area contributed by atoms with Gasteiger partial charge in [0.1, 0.15) is 17.2 Å². The van der Waals surface area contributed by atoms with E-state index in [1.165, 1.54) is 0 Å². The maximum atomic E-state index is 11.9. The Morgan fingerprint density at radius 2 is 1.87 bits per heavy atom. The molecule has 1 amide bonds. The van der Waals surface area contributed by atoms with Gasteiger partial charge < -0.3 is 20.1 Å². The van der Waals surface area contributed by atoms with Crippen LogP contribution < -0.4 is 15.2 Å². The first-order valence-electron chi connectivity index (χ1n) is 10.1. The quantitative estimate of drug-likeness (QED) is 0.550. The fourth-order valence-corrected chi connectivity index (χ4v) is 3.59. The maximum absolute atomic E-state index is 11.9. The van der Waals surface area contributed by atoms with E-state index >= 15 is 0 Å². The third kappa shape index (κ3) is 5.48. The van der Waals surface area contributed by atoms with Gasteiger partial charge in [-0.05, 0) is 42.9 Å². The number of rotatable bonds is 7. The van der Waals surface area contributed by atoms with Gasteiger partial charge >= 0.3 is 0 Å². The molecule has 1 aliphatic heterocycles. The van der Waals surface area contributed by atoms with Gasteiger partial charge in [0.2, 0.25) is 0 Å². The maximum Gasteiger partial charge on any atom is 0.253 e. The Morgan fingerprint density at radius 1 is 1.23 bits per heavy atom. The van der Waals surface area contributed by atoms with E-state index in [1.54, 1.807) is 49.4 Å². The number of aromatic nitrogens is 2. The van der Waals surface area contributed by atoms with Crippen LogP contribution >= 0.6 is 0 Å². The highest BCUT2D eigenvalue weighted by Gasteiger charge is 2.21. The molecule has 1 aliphatic rings. The first kappa shape index (κ1) is 22.0. The number of nitrogens with two attached hydrogens (primary N) is 1. The largest absolute Gasteiger partial charge is 0.497 e. The molecule has 0 saturated carbocycles. The highest BCUT2D eigenvalue weighted by molar-refractivity contribution is 5.94. The zero-order valence-electron chi connectivity index (χ0n) is 18.1. The van der Waals surface area contributed by atoms with Crippen molar-refractivity contribution in [3.63, 3.8) is 0 Å². The molecule has 1 aromatic heterocycles. The summed E-state index contributed by atoms with van der Waals surface area (Å²) in [6.07, 6.45) is 5.51. The second-order valence-corrected chi connectivity index (χ2v) is 7.45. The Labute approximate surface area is 183 Å². The number of hydrogen-bond donors (Lipinski definition) is 1. The van der Waals surface area contributed by atoms with Crippen molar-refractivity contribution in [3.05, 3.63) is 66.1 Å². The monoisotopic (exact) mass is 420 g/mol. The summed E-state index contributed by atoms with van der Waals surface area (Å²) < 4.78 is 12.3. The van der Waals surface area contributed by atoms with Crippen LogP contribution in [0.15, 0.2) is 49.3 Å². The van der Waals surface area contributed by atoms with Gasteiger partial charge in [-0.25, -0.2) is 0 Å². The molecule has 0 spiro atoms. The minimum atomic E-state index is -0.545. The van der Waals surface area contributed by atoms with Crippen LogP contribution in [0.2, 0.25) is 0 Å². The van der Waals surface area contributed by atoms with Crippen LogP contribution in [0.3, 0.4) is 0 Å². The number of carbonyl (C=O) groups excluding carboxylic acids is 1. The van der Waals surface area contributed by atoms with Crippen LogP contribution in [0.4, 0.5) is 0 Å². The van der Waals surface area contributed by atoms with E-state index in [4.69, 9.17) is 15.2 Å². The topological polar surface area (TPSA) is 82.6 Å². The van der Waals surface area contributed by atoms with Gasteiger partial charge in [0, 0.05) is 43.2 Å². The number of methoxy groups -OCH3 is 2. The first-order valence-corrected chi connectivity index (χ1v) is 10.1. The van der Waals surface area contributed by atoms with E-state index in [-0.39, 0.29) is 0 Å². The number of benzene rings is 1. The zero-order chi connectivity index (χ0) is 22.4. The minimum absolute atomic E-state index is 0.319. The Hall–Kier alpha value is -3.66. The molecule has 0 atom stereocenters. The summed E-state index contributed by atoms with van der Waals surface area (Å²) in [6.45, 7) is 10.4. The van der Waals surface area contributed by atoms with E-state index < -0.39 is 5.91 Å². The van der Waals surface area contributed by atoms with Crippen molar-refractivity contribution < 1.29 is 14.3 Å². The fourth-order valence-electron chi connectivity index (χ4n) is 3.59. The van der Waals surface area contributed by atoms with Gasteiger partial charge in [0.15, 0.2) is 0 Å². The number of amides is 1. The number of likely N-dealkylation sites (tertiary alicyclic amines) is 1. The van der Waals surface area contributed by atoms with E-state index in [9.17, 15) is 4.79 Å². The standard InChI is InChI=1S/C24H28N4O3/c1-5-17(2)27-10-8-18(9-11-27)15-28-16-22(24(25)29)23(26-28)7-6-19-12-20(30-3)14-21(13-19)31-4/h5,12-14,16,18H,1-2,8-11,15H2,3-4H3,(H2,25,29). The summed E-state index contributed by atoms with van der Waals surface area (Å²) in [5.41, 5.74) is 7.90. The van der Waals surface area contributed by atoms with E-state index in [0.29, 0.717) is 40.8 Å². The van der Waals surface area contributed by atoms with Gasteiger partial charge in [0.25, 0.3) is 5.91 Å². The lowest BCUT2D eigenvalue weighted by molar-refractivity contribution is 0.1000. The molecule has 1 aromatic carbocycles. The molecule has 2 heterocycles. The van der Waals surface area contributed by atoms with Crippen LogP contribution in [-0.4, -0.2) is 47.9 Å². The molecule has 0 unspecified atom stereocenters. The first-order chi connectivity index (χ1) is 14.9. The second-order valence-electron chi connectivity index (χ2n) is 7.45. The molecule has 1 saturated heterocycles. The summed E-state index contributed by atoms with van der Waals surface area (Å²) in [7, 11) is 3.16. The van der Waals surface area contributed by atoms with Crippen LogP contribution in [-0.2, 0) is 6.54 Å². The zero-order valence-corrected chi connectivity index (χ0v) is 18.1. The van der Waals surface area contributed by atoms with E-state index in [2.05, 4.69) is 35.0 Å². The van der Waals surface area contributed by atoms with Crippen LogP contribution in [0.1, 0.15) is 34.5 Å². The van der Waals surface area contributed by atoms with Gasteiger partial charge in [0.05, 0.1) is 19.8 Å². The molecule has 0 radical (unpaired) electrons. The number of primary amides is 1. The molecule has 2 aromatic rings. The molecular formula is C24H28N4O3. The third-order valence-corrected chi connectivity index (χ3v) is 5.41. The van der Waals surface area contributed by atoms with Crippen LogP contribution in [0.25, 0.3) is 0 Å². The SMILES string of the molecule is C=CC(=C)N1CCC(Cn2cc(C(N)=O)c(C#Cc3cc(OC)cc(OC)c3)n2)CC1. The molecule has 0 bridgehead atoms. The van der Waals surface area contributed by atoms with Crippen molar-refractivity contribution >= 4 is 5.91 Å². The predicted molar refractivity (Wildman–Crippen MR) is 120 cm³/mol. The molecule has 2 N–H and O–H groups in total. The highest BCUT2D eigenvalue weighted by Crippen LogP contribution is 2.23. The van der Waals surface area contributed by atoms with Crippen molar-refractivity contribution in [2.45, 2.75) is 19.4 Å². The molecule has 3 rings (SSSR count). The predicted octanol–water partition coefficient (Wildman–Crippen LogP) is 2.81. The normalized spacial score (nSPS) is 13.8. The highest BCUT2D eigenvalue weighted by atomic mass is 16.5. The Kier molecular flexibility index (Phi) is 7.03. The van der Waals surface area contributed by atoms with Crippen molar-refractivity contribution in [1.82, 2.24) is 14.7 Å². The van der Waals surface area contributed by atoms with E-state index in [0.717, 1.165) is 31.6 Å². The van der Waals surface area contributed by atoms with Crippen molar-refractivity contribution in [2.24, 2.45) is 11.7 Å². The van der Waals surface area contributed by atoms with Crippen molar-refractivity contribution in [2.75, 3.05) is 27.3 Å². The van der Waals surface area contributed by atoms with Crippen LogP contribution in [0, 0.1) is 17.8 Å².